The van der Waals surface area contributed by atoms with Gasteiger partial charge in [0.25, 0.3) is 0 Å². The normalized spacial score (nSPS) is 11.7. The average Bonchev–Trinajstić information content (AvgIpc) is 2.95. The highest BCUT2D eigenvalue weighted by atomic mass is 32.2. The smallest absolute Gasteiger partial charge is 0.210 e. The Balaban J connectivity index is 1.25. The molecule has 39 heavy (non-hydrogen) atoms. The fraction of sp³-hybridized carbons (Fsp3) is 0.200. The molecule has 0 aromatic heterocycles. The molecule has 0 fully saturated rings. The van der Waals surface area contributed by atoms with Crippen molar-refractivity contribution in [3.05, 3.63) is 103 Å². The number of hydrogen-bond donors (Lipinski definition) is 1. The summed E-state index contributed by atoms with van der Waals surface area (Å²) in [6, 6.07) is 26.8. The van der Waals surface area contributed by atoms with E-state index in [1.54, 1.807) is 72.8 Å². The first-order valence-corrected chi connectivity index (χ1v) is 15.5. The molecule has 0 amide bonds. The number of phenolic OH excluding ortho intramolecular Hbond substituents is 1. The fourth-order valence-corrected chi connectivity index (χ4v) is 6.80. The Morgan fingerprint density at radius 3 is 1.38 bits per heavy atom. The van der Waals surface area contributed by atoms with Crippen molar-refractivity contribution in [1.29, 1.82) is 0 Å². The third kappa shape index (κ3) is 6.99. The first-order chi connectivity index (χ1) is 18.8. The average molecular weight is 567 g/mol. The molecular formula is C30H30O7S2. The topological polar surface area (TPSA) is 107 Å². The summed E-state index contributed by atoms with van der Waals surface area (Å²) in [6.45, 7) is 0.719. The zero-order valence-corrected chi connectivity index (χ0v) is 22.9. The molecule has 4 aromatic carbocycles. The van der Waals surface area contributed by atoms with Crippen molar-refractivity contribution in [2.75, 3.05) is 13.2 Å². The molecular weight excluding hydrogens is 536 g/mol. The molecule has 0 aliphatic rings. The summed E-state index contributed by atoms with van der Waals surface area (Å²) < 4.78 is 63.8. The van der Waals surface area contributed by atoms with Crippen LogP contribution < -0.4 is 9.47 Å². The van der Waals surface area contributed by atoms with Crippen LogP contribution in [-0.2, 0) is 19.7 Å². The molecule has 0 saturated carbocycles. The Morgan fingerprint density at radius 2 is 0.897 bits per heavy atom. The molecule has 0 radical (unpaired) electrons. The van der Waals surface area contributed by atoms with E-state index in [1.807, 2.05) is 0 Å². The van der Waals surface area contributed by atoms with Gasteiger partial charge in [-0.2, -0.15) is 0 Å². The van der Waals surface area contributed by atoms with E-state index < -0.39 is 19.7 Å². The lowest BCUT2D eigenvalue weighted by atomic mass is 10.2. The molecule has 0 bridgehead atoms. The van der Waals surface area contributed by atoms with Gasteiger partial charge in [-0.15, -0.1) is 0 Å². The van der Waals surface area contributed by atoms with Crippen LogP contribution in [0.4, 0.5) is 0 Å². The van der Waals surface area contributed by atoms with E-state index in [0.717, 1.165) is 19.3 Å². The number of ether oxygens (including phenoxy) is 2. The molecule has 0 aliphatic heterocycles. The van der Waals surface area contributed by atoms with Crippen LogP contribution in [0.2, 0.25) is 0 Å². The van der Waals surface area contributed by atoms with Gasteiger partial charge in [-0.25, -0.2) is 16.8 Å². The van der Waals surface area contributed by atoms with Gasteiger partial charge in [0, 0.05) is 0 Å². The monoisotopic (exact) mass is 566 g/mol. The molecule has 1 N–H and O–H groups in total. The lowest BCUT2D eigenvalue weighted by molar-refractivity contribution is 0.280. The van der Waals surface area contributed by atoms with Gasteiger partial charge >= 0.3 is 0 Å². The minimum absolute atomic E-state index is 0.00897. The number of unbranched alkanes of at least 4 members (excludes halogenated alkanes) is 3. The van der Waals surface area contributed by atoms with E-state index in [2.05, 4.69) is 0 Å². The molecule has 7 nitrogen and oxygen atoms in total. The van der Waals surface area contributed by atoms with Gasteiger partial charge in [0.2, 0.25) is 19.7 Å². The largest absolute Gasteiger partial charge is 0.508 e. The summed E-state index contributed by atoms with van der Waals surface area (Å²) in [4.78, 5) is 0.520. The molecule has 0 saturated heterocycles. The van der Waals surface area contributed by atoms with Crippen molar-refractivity contribution in [2.24, 2.45) is 0 Å². The quantitative estimate of drug-likeness (QED) is 0.196. The number of aromatic hydroxyl groups is 1. The number of benzene rings is 4. The van der Waals surface area contributed by atoms with E-state index in [1.165, 1.54) is 30.3 Å². The number of para-hydroxylation sites is 2. The highest BCUT2D eigenvalue weighted by Gasteiger charge is 2.23. The van der Waals surface area contributed by atoms with Gasteiger partial charge in [0.1, 0.15) is 27.0 Å². The van der Waals surface area contributed by atoms with Crippen LogP contribution in [0.5, 0.6) is 17.2 Å². The second-order valence-corrected chi connectivity index (χ2v) is 12.7. The number of sulfone groups is 2. The second kappa shape index (κ2) is 12.8. The molecule has 9 heteroatoms. The van der Waals surface area contributed by atoms with Crippen LogP contribution in [-0.4, -0.2) is 35.2 Å². The summed E-state index contributed by atoms with van der Waals surface area (Å²) in [5.41, 5.74) is 0. The summed E-state index contributed by atoms with van der Waals surface area (Å²) in [5, 5.41) is 9.46. The van der Waals surface area contributed by atoms with E-state index >= 15 is 0 Å². The first-order valence-electron chi connectivity index (χ1n) is 12.6. The molecule has 0 unspecified atom stereocenters. The van der Waals surface area contributed by atoms with E-state index in [4.69, 9.17) is 9.47 Å². The Hall–Kier alpha value is -3.82. The zero-order valence-electron chi connectivity index (χ0n) is 21.3. The standard InChI is InChI=1S/C30H30O7S2/c31-24-18-20-26(21-19-24)39(34,35)30-17-9-7-15-28(30)37-23-11-2-1-10-22-36-27-14-6-8-16-29(27)38(32,33)25-12-4-3-5-13-25/h3-9,12-21,31H,1-2,10-11,22-23H2. The van der Waals surface area contributed by atoms with E-state index in [9.17, 15) is 21.9 Å². The number of hydrogen-bond acceptors (Lipinski definition) is 7. The Labute approximate surface area is 229 Å². The molecule has 204 valence electrons. The van der Waals surface area contributed by atoms with Gasteiger partial charge < -0.3 is 14.6 Å². The first kappa shape index (κ1) is 28.2. The number of rotatable bonds is 13. The lowest BCUT2D eigenvalue weighted by Gasteiger charge is -2.13. The zero-order chi connectivity index (χ0) is 27.7. The van der Waals surface area contributed by atoms with Crippen LogP contribution in [0.25, 0.3) is 0 Å². The van der Waals surface area contributed by atoms with Crippen molar-refractivity contribution >= 4 is 19.7 Å². The predicted molar refractivity (Wildman–Crippen MR) is 148 cm³/mol. The summed E-state index contributed by atoms with van der Waals surface area (Å²) in [7, 11) is -7.47. The molecule has 0 aliphatic carbocycles. The summed E-state index contributed by atoms with van der Waals surface area (Å²) in [5.74, 6) is 0.603. The molecule has 0 spiro atoms. The Bertz CT molecular complexity index is 1580. The van der Waals surface area contributed by atoms with Gasteiger partial charge in [0.05, 0.1) is 23.0 Å². The maximum atomic E-state index is 13.0. The van der Waals surface area contributed by atoms with Crippen LogP contribution in [0, 0.1) is 0 Å². The van der Waals surface area contributed by atoms with Crippen molar-refractivity contribution in [3.63, 3.8) is 0 Å². The van der Waals surface area contributed by atoms with E-state index in [-0.39, 0.29) is 31.1 Å². The maximum Gasteiger partial charge on any atom is 0.210 e. The molecule has 4 aromatic rings. The van der Waals surface area contributed by atoms with Crippen molar-refractivity contribution in [2.45, 2.75) is 45.3 Å². The molecule has 0 atom stereocenters. The lowest BCUT2D eigenvalue weighted by Crippen LogP contribution is -2.07. The summed E-state index contributed by atoms with van der Waals surface area (Å²) >= 11 is 0. The third-order valence-electron chi connectivity index (χ3n) is 6.03. The Kier molecular flexibility index (Phi) is 9.27. The van der Waals surface area contributed by atoms with Crippen molar-refractivity contribution in [3.8, 4) is 17.2 Å². The van der Waals surface area contributed by atoms with Crippen LogP contribution in [0.1, 0.15) is 25.7 Å². The van der Waals surface area contributed by atoms with Gasteiger partial charge in [-0.1, -0.05) is 42.5 Å². The predicted octanol–water partition coefficient (Wildman–Crippen LogP) is 6.08. The third-order valence-corrected chi connectivity index (χ3v) is 9.65. The maximum absolute atomic E-state index is 13.0. The number of phenols is 1. The van der Waals surface area contributed by atoms with Crippen molar-refractivity contribution < 1.29 is 31.4 Å². The van der Waals surface area contributed by atoms with Gasteiger partial charge in [0.15, 0.2) is 0 Å². The van der Waals surface area contributed by atoms with Crippen LogP contribution in [0.15, 0.2) is 123 Å². The van der Waals surface area contributed by atoms with E-state index in [0.29, 0.717) is 25.4 Å². The highest BCUT2D eigenvalue weighted by Crippen LogP contribution is 2.31. The second-order valence-electron chi connectivity index (χ2n) is 8.82. The van der Waals surface area contributed by atoms with Crippen LogP contribution >= 0.6 is 0 Å². The SMILES string of the molecule is O=S(=O)(c1ccccc1)c1ccccc1OCCCCCCOc1ccccc1S(=O)(=O)c1ccc(O)cc1. The minimum atomic E-state index is -3.79. The molecule has 0 heterocycles. The highest BCUT2D eigenvalue weighted by molar-refractivity contribution is 7.92. The van der Waals surface area contributed by atoms with Gasteiger partial charge in [-0.3, -0.25) is 0 Å². The fourth-order valence-electron chi connectivity index (χ4n) is 3.98. The van der Waals surface area contributed by atoms with Crippen LogP contribution in [0.3, 0.4) is 0 Å². The van der Waals surface area contributed by atoms with Gasteiger partial charge in [-0.05, 0) is 86.3 Å². The summed E-state index contributed by atoms with van der Waals surface area (Å²) in [6.07, 6.45) is 3.11. The Morgan fingerprint density at radius 1 is 0.487 bits per heavy atom. The van der Waals surface area contributed by atoms with Crippen molar-refractivity contribution in [1.82, 2.24) is 0 Å². The molecule has 4 rings (SSSR count). The minimum Gasteiger partial charge on any atom is -0.508 e.